The lowest BCUT2D eigenvalue weighted by Crippen LogP contribution is -2.45. The maximum absolute atomic E-state index is 12.5. The molecule has 1 N–H and O–H groups in total. The summed E-state index contributed by atoms with van der Waals surface area (Å²) >= 11 is 6.14. The van der Waals surface area contributed by atoms with E-state index in [9.17, 15) is 4.79 Å². The fourth-order valence-electron chi connectivity index (χ4n) is 2.25. The van der Waals surface area contributed by atoms with Crippen LogP contribution in [-0.2, 0) is 6.54 Å². The predicted molar refractivity (Wildman–Crippen MR) is 73.9 cm³/mol. The normalized spacial score (nSPS) is 15.5. The van der Waals surface area contributed by atoms with E-state index in [1.807, 2.05) is 0 Å². The molecule has 19 heavy (non-hydrogen) atoms. The van der Waals surface area contributed by atoms with Crippen LogP contribution in [0.1, 0.15) is 0 Å². The van der Waals surface area contributed by atoms with E-state index >= 15 is 0 Å². The van der Waals surface area contributed by atoms with Crippen LogP contribution in [0.2, 0.25) is 5.28 Å². The van der Waals surface area contributed by atoms with E-state index in [-0.39, 0.29) is 10.8 Å². The Bertz CT molecular complexity index is 679. The standard InChI is InChI=1S/C13H14ClN3O2/c1-19-10-4-2-3-9-11(10)16-13(14)17(12(9)18)7-8-5-15-6-8/h2-4,8,15H,5-7H2,1H3. The molecule has 0 aliphatic carbocycles. The Balaban J connectivity index is 2.16. The average molecular weight is 280 g/mol. The Morgan fingerprint density at radius 2 is 2.32 bits per heavy atom. The molecule has 1 saturated heterocycles. The Labute approximate surface area is 115 Å². The van der Waals surface area contributed by atoms with E-state index in [0.717, 1.165) is 13.1 Å². The maximum atomic E-state index is 12.5. The molecule has 5 nitrogen and oxygen atoms in total. The zero-order chi connectivity index (χ0) is 13.4. The third kappa shape index (κ3) is 2.09. The maximum Gasteiger partial charge on any atom is 0.262 e. The van der Waals surface area contributed by atoms with Gasteiger partial charge in [0.25, 0.3) is 5.56 Å². The number of hydrogen-bond donors (Lipinski definition) is 1. The van der Waals surface area contributed by atoms with Gasteiger partial charge in [0.1, 0.15) is 11.3 Å². The molecule has 0 atom stereocenters. The quantitative estimate of drug-likeness (QED) is 0.860. The molecule has 100 valence electrons. The number of benzene rings is 1. The Morgan fingerprint density at radius 1 is 1.53 bits per heavy atom. The van der Waals surface area contributed by atoms with Gasteiger partial charge >= 0.3 is 0 Å². The molecule has 6 heteroatoms. The molecule has 0 unspecified atom stereocenters. The smallest absolute Gasteiger partial charge is 0.262 e. The minimum absolute atomic E-state index is 0.110. The number of halogens is 1. The summed E-state index contributed by atoms with van der Waals surface area (Å²) in [6.07, 6.45) is 0. The number of aromatic nitrogens is 2. The second-order valence-corrected chi connectivity index (χ2v) is 5.02. The van der Waals surface area contributed by atoms with Crippen LogP contribution >= 0.6 is 11.6 Å². The number of rotatable bonds is 3. The molecule has 1 aromatic heterocycles. The van der Waals surface area contributed by atoms with Crippen LogP contribution in [0.5, 0.6) is 5.75 Å². The van der Waals surface area contributed by atoms with E-state index in [1.54, 1.807) is 25.3 Å². The van der Waals surface area contributed by atoms with E-state index in [2.05, 4.69) is 10.3 Å². The van der Waals surface area contributed by atoms with Crippen LogP contribution in [0.4, 0.5) is 0 Å². The summed E-state index contributed by atoms with van der Waals surface area (Å²) < 4.78 is 6.75. The van der Waals surface area contributed by atoms with E-state index in [0.29, 0.717) is 29.1 Å². The first-order valence-electron chi connectivity index (χ1n) is 6.14. The summed E-state index contributed by atoms with van der Waals surface area (Å²) in [5.74, 6) is 1.01. The molecule has 0 radical (unpaired) electrons. The van der Waals surface area contributed by atoms with Crippen molar-refractivity contribution in [3.8, 4) is 5.75 Å². The van der Waals surface area contributed by atoms with Crippen molar-refractivity contribution in [2.75, 3.05) is 20.2 Å². The van der Waals surface area contributed by atoms with Crippen molar-refractivity contribution in [2.24, 2.45) is 5.92 Å². The van der Waals surface area contributed by atoms with Gasteiger partial charge in [0.15, 0.2) is 0 Å². The molecule has 0 bridgehead atoms. The number of ether oxygens (including phenoxy) is 1. The summed E-state index contributed by atoms with van der Waals surface area (Å²) in [4.78, 5) is 16.8. The van der Waals surface area contributed by atoms with Gasteiger partial charge in [-0.2, -0.15) is 0 Å². The van der Waals surface area contributed by atoms with Gasteiger partial charge < -0.3 is 10.1 Å². The van der Waals surface area contributed by atoms with Crippen LogP contribution in [0.3, 0.4) is 0 Å². The Morgan fingerprint density at radius 3 is 2.95 bits per heavy atom. The molecule has 2 heterocycles. The highest BCUT2D eigenvalue weighted by Gasteiger charge is 2.20. The molecule has 1 aliphatic heterocycles. The highest BCUT2D eigenvalue weighted by molar-refractivity contribution is 6.28. The van der Waals surface area contributed by atoms with Crippen molar-refractivity contribution in [2.45, 2.75) is 6.54 Å². The first kappa shape index (κ1) is 12.4. The number of fused-ring (bicyclic) bond motifs is 1. The highest BCUT2D eigenvalue weighted by Crippen LogP contribution is 2.23. The third-order valence-corrected chi connectivity index (χ3v) is 3.72. The average Bonchev–Trinajstić information content (AvgIpc) is 2.36. The summed E-state index contributed by atoms with van der Waals surface area (Å²) in [6, 6.07) is 5.30. The van der Waals surface area contributed by atoms with Gasteiger partial charge in [-0.1, -0.05) is 6.07 Å². The van der Waals surface area contributed by atoms with Crippen molar-refractivity contribution < 1.29 is 4.74 Å². The van der Waals surface area contributed by atoms with Crippen molar-refractivity contribution in [1.82, 2.24) is 14.9 Å². The van der Waals surface area contributed by atoms with Crippen LogP contribution in [-0.4, -0.2) is 29.8 Å². The Kier molecular flexibility index (Phi) is 3.16. The van der Waals surface area contributed by atoms with Crippen molar-refractivity contribution in [3.05, 3.63) is 33.8 Å². The second kappa shape index (κ2) is 4.83. The molecule has 3 rings (SSSR count). The zero-order valence-electron chi connectivity index (χ0n) is 10.5. The molecule has 1 fully saturated rings. The molecule has 0 amide bonds. The van der Waals surface area contributed by atoms with Crippen LogP contribution in [0.15, 0.2) is 23.0 Å². The third-order valence-electron chi connectivity index (χ3n) is 3.43. The van der Waals surface area contributed by atoms with Crippen LogP contribution in [0, 0.1) is 5.92 Å². The lowest BCUT2D eigenvalue weighted by Gasteiger charge is -2.27. The van der Waals surface area contributed by atoms with Crippen molar-refractivity contribution in [3.63, 3.8) is 0 Å². The summed E-state index contributed by atoms with van der Waals surface area (Å²) in [5, 5.41) is 3.93. The first-order chi connectivity index (χ1) is 9.20. The van der Waals surface area contributed by atoms with Crippen LogP contribution in [0.25, 0.3) is 10.9 Å². The monoisotopic (exact) mass is 279 g/mol. The SMILES string of the molecule is COc1cccc2c(=O)n(CC3CNC3)c(Cl)nc12. The van der Waals surface area contributed by atoms with Gasteiger partial charge in [0.05, 0.1) is 12.5 Å². The number of methoxy groups -OCH3 is 1. The fourth-order valence-corrected chi connectivity index (χ4v) is 2.48. The van der Waals surface area contributed by atoms with E-state index in [1.165, 1.54) is 4.57 Å². The van der Waals surface area contributed by atoms with Gasteiger partial charge in [0, 0.05) is 25.6 Å². The molecule has 0 spiro atoms. The largest absolute Gasteiger partial charge is 0.494 e. The van der Waals surface area contributed by atoms with Gasteiger partial charge in [-0.25, -0.2) is 4.98 Å². The number of nitrogens with one attached hydrogen (secondary N) is 1. The van der Waals surface area contributed by atoms with Crippen LogP contribution < -0.4 is 15.6 Å². The summed E-state index contributed by atoms with van der Waals surface area (Å²) in [7, 11) is 1.55. The topological polar surface area (TPSA) is 56.1 Å². The molecular weight excluding hydrogens is 266 g/mol. The summed E-state index contributed by atoms with van der Waals surface area (Å²) in [6.45, 7) is 2.43. The van der Waals surface area contributed by atoms with Gasteiger partial charge in [-0.05, 0) is 23.7 Å². The molecule has 1 aromatic carbocycles. The van der Waals surface area contributed by atoms with Gasteiger partial charge in [0.2, 0.25) is 5.28 Å². The zero-order valence-corrected chi connectivity index (χ0v) is 11.3. The Hall–Kier alpha value is -1.59. The molecule has 0 saturated carbocycles. The van der Waals surface area contributed by atoms with Gasteiger partial charge in [-0.15, -0.1) is 0 Å². The molecule has 1 aliphatic rings. The second-order valence-electron chi connectivity index (χ2n) is 4.68. The minimum Gasteiger partial charge on any atom is -0.494 e. The highest BCUT2D eigenvalue weighted by atomic mass is 35.5. The predicted octanol–water partition coefficient (Wildman–Crippen LogP) is 1.28. The lowest BCUT2D eigenvalue weighted by molar-refractivity contribution is 0.303. The number of hydrogen-bond acceptors (Lipinski definition) is 4. The fraction of sp³-hybridized carbons (Fsp3) is 0.385. The number of nitrogens with zero attached hydrogens (tertiary/aromatic N) is 2. The van der Waals surface area contributed by atoms with Gasteiger partial charge in [-0.3, -0.25) is 9.36 Å². The molecular formula is C13H14ClN3O2. The first-order valence-corrected chi connectivity index (χ1v) is 6.52. The number of para-hydroxylation sites is 1. The lowest BCUT2D eigenvalue weighted by atomic mass is 10.0. The van der Waals surface area contributed by atoms with Crippen molar-refractivity contribution in [1.29, 1.82) is 0 Å². The summed E-state index contributed by atoms with van der Waals surface area (Å²) in [5.41, 5.74) is 0.406. The van der Waals surface area contributed by atoms with E-state index < -0.39 is 0 Å². The molecule has 2 aromatic rings. The minimum atomic E-state index is -0.110. The van der Waals surface area contributed by atoms with E-state index in [4.69, 9.17) is 16.3 Å². The van der Waals surface area contributed by atoms with Crippen molar-refractivity contribution >= 4 is 22.5 Å².